The molecule has 0 aromatic heterocycles. The van der Waals surface area contributed by atoms with E-state index in [1.165, 1.54) is 49.6 Å². The molecular weight excluding hydrogens is 300 g/mol. The van der Waals surface area contributed by atoms with E-state index < -0.39 is 17.8 Å². The highest BCUT2D eigenvalue weighted by molar-refractivity contribution is 6.08. The molecule has 0 bridgehead atoms. The van der Waals surface area contributed by atoms with Crippen molar-refractivity contribution in [1.82, 2.24) is 0 Å². The van der Waals surface area contributed by atoms with Crippen LogP contribution in [0.1, 0.15) is 31.1 Å². The standard InChI is InChI=1S/C16H14N2O5/c1-23-16(22)10-4-2-9(3-5-10)14(19)18-13-8-11(17)6-7-12(13)15(20)21/h2-8H,17H2,1H3,(H,18,19)(H,20,21). The molecule has 118 valence electrons. The number of hydrogen-bond donors (Lipinski definition) is 3. The number of carbonyl (C=O) groups excluding carboxylic acids is 2. The number of ether oxygens (including phenoxy) is 1. The Hall–Kier alpha value is -3.35. The fourth-order valence-electron chi connectivity index (χ4n) is 1.92. The molecule has 2 aromatic rings. The molecule has 0 aliphatic carbocycles. The number of amides is 1. The number of benzene rings is 2. The van der Waals surface area contributed by atoms with Crippen LogP contribution in [0.5, 0.6) is 0 Å². The van der Waals surface area contributed by atoms with Crippen LogP contribution in [0.4, 0.5) is 11.4 Å². The average molecular weight is 314 g/mol. The zero-order chi connectivity index (χ0) is 17.0. The lowest BCUT2D eigenvalue weighted by atomic mass is 10.1. The van der Waals surface area contributed by atoms with E-state index in [0.717, 1.165) is 0 Å². The van der Waals surface area contributed by atoms with Gasteiger partial charge in [-0.1, -0.05) is 0 Å². The van der Waals surface area contributed by atoms with E-state index in [1.807, 2.05) is 0 Å². The molecule has 7 nitrogen and oxygen atoms in total. The summed E-state index contributed by atoms with van der Waals surface area (Å²) in [7, 11) is 1.26. The van der Waals surface area contributed by atoms with Crippen LogP contribution in [0.15, 0.2) is 42.5 Å². The Labute approximate surface area is 131 Å². The van der Waals surface area contributed by atoms with Gasteiger partial charge in [-0.15, -0.1) is 0 Å². The lowest BCUT2D eigenvalue weighted by molar-refractivity contribution is 0.0599. The van der Waals surface area contributed by atoms with Crippen molar-refractivity contribution in [1.29, 1.82) is 0 Å². The van der Waals surface area contributed by atoms with Crippen LogP contribution in [-0.4, -0.2) is 30.1 Å². The Morgan fingerprint density at radius 3 is 2.22 bits per heavy atom. The normalized spacial score (nSPS) is 9.96. The lowest BCUT2D eigenvalue weighted by Crippen LogP contribution is -2.15. The molecular formula is C16H14N2O5. The van der Waals surface area contributed by atoms with Crippen molar-refractivity contribution in [3.63, 3.8) is 0 Å². The number of hydrogen-bond acceptors (Lipinski definition) is 5. The minimum absolute atomic E-state index is 0.0706. The molecule has 1 amide bonds. The molecule has 0 saturated carbocycles. The Kier molecular flexibility index (Phi) is 4.61. The zero-order valence-electron chi connectivity index (χ0n) is 12.2. The summed E-state index contributed by atoms with van der Waals surface area (Å²) < 4.78 is 4.57. The second kappa shape index (κ2) is 6.61. The fourth-order valence-corrected chi connectivity index (χ4v) is 1.92. The third-order valence-electron chi connectivity index (χ3n) is 3.09. The third-order valence-corrected chi connectivity index (χ3v) is 3.09. The van der Waals surface area contributed by atoms with Gasteiger partial charge in [-0.05, 0) is 42.5 Å². The quantitative estimate of drug-likeness (QED) is 0.586. The minimum Gasteiger partial charge on any atom is -0.478 e. The highest BCUT2D eigenvalue weighted by Gasteiger charge is 2.14. The van der Waals surface area contributed by atoms with Crippen molar-refractivity contribution in [3.05, 3.63) is 59.2 Å². The van der Waals surface area contributed by atoms with E-state index in [4.69, 9.17) is 10.8 Å². The molecule has 0 spiro atoms. The Morgan fingerprint density at radius 2 is 1.65 bits per heavy atom. The maximum absolute atomic E-state index is 12.2. The molecule has 0 heterocycles. The van der Waals surface area contributed by atoms with Crippen molar-refractivity contribution < 1.29 is 24.2 Å². The predicted molar refractivity (Wildman–Crippen MR) is 83.5 cm³/mol. The SMILES string of the molecule is COC(=O)c1ccc(C(=O)Nc2cc(N)ccc2C(=O)O)cc1. The Balaban J connectivity index is 2.24. The van der Waals surface area contributed by atoms with E-state index in [2.05, 4.69) is 10.1 Å². The summed E-state index contributed by atoms with van der Waals surface area (Å²) in [5.41, 5.74) is 6.53. The van der Waals surface area contributed by atoms with Crippen molar-refractivity contribution in [2.75, 3.05) is 18.2 Å². The lowest BCUT2D eigenvalue weighted by Gasteiger charge is -2.09. The van der Waals surface area contributed by atoms with Gasteiger partial charge in [0.05, 0.1) is 23.9 Å². The fraction of sp³-hybridized carbons (Fsp3) is 0.0625. The highest BCUT2D eigenvalue weighted by Crippen LogP contribution is 2.20. The molecule has 0 saturated heterocycles. The van der Waals surface area contributed by atoms with Crippen molar-refractivity contribution in [3.8, 4) is 0 Å². The van der Waals surface area contributed by atoms with Crippen LogP contribution in [0.2, 0.25) is 0 Å². The van der Waals surface area contributed by atoms with E-state index in [0.29, 0.717) is 11.3 Å². The summed E-state index contributed by atoms with van der Waals surface area (Å²) in [6, 6.07) is 9.88. The number of nitrogens with one attached hydrogen (secondary N) is 1. The molecule has 0 radical (unpaired) electrons. The third kappa shape index (κ3) is 3.65. The summed E-state index contributed by atoms with van der Waals surface area (Å²) in [4.78, 5) is 34.7. The van der Waals surface area contributed by atoms with E-state index in [-0.39, 0.29) is 16.8 Å². The molecule has 0 atom stereocenters. The van der Waals surface area contributed by atoms with E-state index >= 15 is 0 Å². The topological polar surface area (TPSA) is 119 Å². The van der Waals surface area contributed by atoms with Gasteiger partial charge in [-0.25, -0.2) is 9.59 Å². The van der Waals surface area contributed by atoms with Crippen molar-refractivity contribution in [2.24, 2.45) is 0 Å². The van der Waals surface area contributed by atoms with E-state index in [9.17, 15) is 14.4 Å². The maximum atomic E-state index is 12.2. The first-order chi connectivity index (χ1) is 10.9. The van der Waals surface area contributed by atoms with Gasteiger partial charge >= 0.3 is 11.9 Å². The number of carboxylic acids is 1. The molecule has 7 heteroatoms. The largest absolute Gasteiger partial charge is 0.478 e. The van der Waals surface area contributed by atoms with Gasteiger partial charge in [0.15, 0.2) is 0 Å². The number of methoxy groups -OCH3 is 1. The van der Waals surface area contributed by atoms with Crippen LogP contribution in [-0.2, 0) is 4.74 Å². The summed E-state index contributed by atoms with van der Waals surface area (Å²) in [6.07, 6.45) is 0. The maximum Gasteiger partial charge on any atom is 0.337 e. The first-order valence-corrected chi connectivity index (χ1v) is 6.55. The molecule has 2 aromatic carbocycles. The van der Waals surface area contributed by atoms with Crippen molar-refractivity contribution >= 4 is 29.2 Å². The van der Waals surface area contributed by atoms with Gasteiger partial charge in [0.25, 0.3) is 5.91 Å². The summed E-state index contributed by atoms with van der Waals surface area (Å²) >= 11 is 0. The number of carbonyl (C=O) groups is 3. The van der Waals surface area contributed by atoms with Crippen LogP contribution in [0.25, 0.3) is 0 Å². The molecule has 2 rings (SSSR count). The van der Waals surface area contributed by atoms with Crippen LogP contribution in [0.3, 0.4) is 0 Å². The van der Waals surface area contributed by atoms with Gasteiger partial charge in [-0.3, -0.25) is 4.79 Å². The molecule has 0 fully saturated rings. The number of esters is 1. The van der Waals surface area contributed by atoms with Gasteiger partial charge in [0, 0.05) is 11.3 Å². The molecule has 0 aliphatic rings. The van der Waals surface area contributed by atoms with Crippen molar-refractivity contribution in [2.45, 2.75) is 0 Å². The predicted octanol–water partition coefficient (Wildman–Crippen LogP) is 2.01. The smallest absolute Gasteiger partial charge is 0.337 e. The van der Waals surface area contributed by atoms with Gasteiger partial charge in [-0.2, -0.15) is 0 Å². The number of nitrogens with two attached hydrogens (primary N) is 1. The number of nitrogen functional groups attached to an aromatic ring is 1. The zero-order valence-corrected chi connectivity index (χ0v) is 12.2. The van der Waals surface area contributed by atoms with Gasteiger partial charge in [0.1, 0.15) is 0 Å². The van der Waals surface area contributed by atoms with Gasteiger partial charge in [0.2, 0.25) is 0 Å². The average Bonchev–Trinajstić information content (AvgIpc) is 2.54. The monoisotopic (exact) mass is 314 g/mol. The molecule has 0 aliphatic heterocycles. The number of carboxylic acid groups (broad SMARTS) is 1. The summed E-state index contributed by atoms with van der Waals surface area (Å²) in [6.45, 7) is 0. The van der Waals surface area contributed by atoms with Crippen LogP contribution < -0.4 is 11.1 Å². The summed E-state index contributed by atoms with van der Waals surface area (Å²) in [5.74, 6) is -2.21. The second-order valence-electron chi connectivity index (χ2n) is 4.63. The number of aromatic carboxylic acids is 1. The molecule has 0 unspecified atom stereocenters. The highest BCUT2D eigenvalue weighted by atomic mass is 16.5. The first kappa shape index (κ1) is 16.0. The summed E-state index contributed by atoms with van der Waals surface area (Å²) in [5, 5.41) is 11.6. The molecule has 23 heavy (non-hydrogen) atoms. The van der Waals surface area contributed by atoms with Crippen LogP contribution in [0, 0.1) is 0 Å². The number of anilines is 2. The minimum atomic E-state index is -1.18. The molecule has 4 N–H and O–H groups in total. The number of rotatable bonds is 4. The Bertz CT molecular complexity index is 769. The van der Waals surface area contributed by atoms with E-state index in [1.54, 1.807) is 0 Å². The van der Waals surface area contributed by atoms with Crippen LogP contribution >= 0.6 is 0 Å². The van der Waals surface area contributed by atoms with Gasteiger partial charge < -0.3 is 20.9 Å². The first-order valence-electron chi connectivity index (χ1n) is 6.55. The second-order valence-corrected chi connectivity index (χ2v) is 4.63. The Morgan fingerprint density at radius 1 is 1.04 bits per heavy atom.